The van der Waals surface area contributed by atoms with E-state index in [-0.39, 0.29) is 22.6 Å². The number of nitrogens with zero attached hydrogens (tertiary/aromatic N) is 3. The van der Waals surface area contributed by atoms with Crippen molar-refractivity contribution in [3.63, 3.8) is 0 Å². The van der Waals surface area contributed by atoms with Gasteiger partial charge in [-0.3, -0.25) is 20.0 Å². The van der Waals surface area contributed by atoms with Crippen LogP contribution in [0.15, 0.2) is 21.4 Å². The molecule has 14 heavy (non-hydrogen) atoms. The molecular weight excluding hydrogens is 186 g/mol. The Labute approximate surface area is 80.3 Å². The Morgan fingerprint density at radius 1 is 1.71 bits per heavy atom. The van der Waals surface area contributed by atoms with E-state index in [0.29, 0.717) is 0 Å². The van der Waals surface area contributed by atoms with Crippen LogP contribution >= 0.6 is 0 Å². The number of allylic oxidation sites excluding steroid dienone is 1. The molecule has 0 spiro atoms. The van der Waals surface area contributed by atoms with Crippen LogP contribution in [-0.2, 0) is 4.79 Å². The summed E-state index contributed by atoms with van der Waals surface area (Å²) in [6.45, 7) is 1.78. The van der Waals surface area contributed by atoms with Gasteiger partial charge >= 0.3 is 5.91 Å². The fraction of sp³-hybridized carbons (Fsp3) is 0.286. The molecule has 0 aromatic carbocycles. The zero-order chi connectivity index (χ0) is 10.7. The summed E-state index contributed by atoms with van der Waals surface area (Å²) in [5.74, 6) is 3.97. The lowest BCUT2D eigenvalue weighted by molar-refractivity contribution is -0.161. The van der Waals surface area contributed by atoms with Crippen molar-refractivity contribution in [3.8, 4) is 0 Å². The van der Waals surface area contributed by atoms with Crippen LogP contribution in [0.25, 0.3) is 0 Å². The van der Waals surface area contributed by atoms with Crippen molar-refractivity contribution in [2.45, 2.75) is 13.0 Å². The Bertz CT molecular complexity index is 331. The molecule has 0 fully saturated rings. The van der Waals surface area contributed by atoms with Gasteiger partial charge in [0.1, 0.15) is 0 Å². The second-order valence-corrected chi connectivity index (χ2v) is 2.75. The fourth-order valence-corrected chi connectivity index (χ4v) is 0.842. The monoisotopic (exact) mass is 197 g/mol. The first-order chi connectivity index (χ1) is 6.52. The molecule has 1 unspecified atom stereocenters. The average molecular weight is 197 g/mol. The number of rotatable bonds is 1. The average Bonchev–Trinajstić information content (AvgIpc) is 2.28. The van der Waals surface area contributed by atoms with Gasteiger partial charge in [0.2, 0.25) is 0 Å². The lowest BCUT2D eigenvalue weighted by Crippen LogP contribution is -2.35. The van der Waals surface area contributed by atoms with Gasteiger partial charge < -0.3 is 5.73 Å². The number of amides is 1. The summed E-state index contributed by atoms with van der Waals surface area (Å²) in [5.41, 5.74) is 5.43. The zero-order valence-corrected chi connectivity index (χ0v) is 7.58. The van der Waals surface area contributed by atoms with Gasteiger partial charge in [0, 0.05) is 12.4 Å². The molecule has 76 valence electrons. The molecule has 0 bridgehead atoms. The first-order valence-electron chi connectivity index (χ1n) is 3.87. The Kier molecular flexibility index (Phi) is 2.95. The van der Waals surface area contributed by atoms with Gasteiger partial charge in [0.15, 0.2) is 5.70 Å². The lowest BCUT2D eigenvalue weighted by Gasteiger charge is -2.07. The molecule has 0 radical (unpaired) electrons. The van der Waals surface area contributed by atoms with Crippen LogP contribution in [0.3, 0.4) is 0 Å². The summed E-state index contributed by atoms with van der Waals surface area (Å²) in [7, 11) is 0. The predicted molar refractivity (Wildman–Crippen MR) is 50.5 cm³/mol. The minimum absolute atomic E-state index is 0.0661. The predicted octanol–water partition coefficient (Wildman–Crippen LogP) is -1.21. The quantitative estimate of drug-likeness (QED) is 0.211. The summed E-state index contributed by atoms with van der Waals surface area (Å²) >= 11 is 0. The van der Waals surface area contributed by atoms with Crippen molar-refractivity contribution in [1.82, 2.24) is 5.17 Å². The lowest BCUT2D eigenvalue weighted by atomic mass is 10.3. The fourth-order valence-electron chi connectivity index (χ4n) is 0.842. The molecule has 5 N–H and O–H groups in total. The van der Waals surface area contributed by atoms with Gasteiger partial charge in [-0.25, -0.2) is 5.84 Å². The van der Waals surface area contributed by atoms with Crippen molar-refractivity contribution >= 4 is 18.3 Å². The van der Waals surface area contributed by atoms with E-state index in [0.717, 1.165) is 0 Å². The number of hydrogen-bond donors (Lipinski definition) is 3. The van der Waals surface area contributed by atoms with Crippen molar-refractivity contribution < 1.29 is 10.0 Å². The smallest absolute Gasteiger partial charge is 0.312 e. The Morgan fingerprint density at radius 3 is 2.93 bits per heavy atom. The standard InChI is InChI=1S/C7H11N5O2/c1-4-2-11-6(5(8)3-10-4)7(13)12(9)14/h2-4,14H,8-9H2,1H3. The molecule has 1 aliphatic rings. The maximum Gasteiger partial charge on any atom is 0.312 e. The molecule has 1 atom stereocenters. The number of hydroxylamine groups is 1. The third kappa shape index (κ3) is 2.15. The highest BCUT2D eigenvalue weighted by molar-refractivity contribution is 6.00. The summed E-state index contributed by atoms with van der Waals surface area (Å²) in [4.78, 5) is 18.9. The van der Waals surface area contributed by atoms with E-state index in [4.69, 9.17) is 16.8 Å². The topological polar surface area (TPSA) is 117 Å². The first-order valence-corrected chi connectivity index (χ1v) is 3.87. The molecular formula is C7H11N5O2. The van der Waals surface area contributed by atoms with Crippen LogP contribution in [0, 0.1) is 0 Å². The summed E-state index contributed by atoms with van der Waals surface area (Å²) < 4.78 is 0. The Morgan fingerprint density at radius 2 is 2.36 bits per heavy atom. The molecule has 0 saturated heterocycles. The largest absolute Gasteiger partial charge is 0.396 e. The van der Waals surface area contributed by atoms with Crippen molar-refractivity contribution in [2.24, 2.45) is 21.6 Å². The third-order valence-corrected chi connectivity index (χ3v) is 1.55. The number of carbonyl (C=O) groups is 1. The van der Waals surface area contributed by atoms with E-state index < -0.39 is 5.91 Å². The van der Waals surface area contributed by atoms with Crippen LogP contribution in [-0.4, -0.2) is 34.8 Å². The van der Waals surface area contributed by atoms with E-state index in [9.17, 15) is 4.79 Å². The number of hydrogen-bond acceptors (Lipinski definition) is 6. The molecule has 7 heteroatoms. The maximum atomic E-state index is 11.2. The van der Waals surface area contributed by atoms with E-state index in [1.807, 2.05) is 0 Å². The van der Waals surface area contributed by atoms with E-state index >= 15 is 0 Å². The third-order valence-electron chi connectivity index (χ3n) is 1.55. The molecule has 7 nitrogen and oxygen atoms in total. The van der Waals surface area contributed by atoms with Crippen LogP contribution < -0.4 is 11.6 Å². The highest BCUT2D eigenvalue weighted by Gasteiger charge is 2.17. The molecule has 1 aliphatic heterocycles. The molecule has 0 aliphatic carbocycles. The minimum atomic E-state index is -0.876. The number of aliphatic imine (C=N–C) groups is 2. The second-order valence-electron chi connectivity index (χ2n) is 2.75. The SMILES string of the molecule is CC1C=NC(C(=O)N(N)O)=C(N)C=N1. The van der Waals surface area contributed by atoms with Crippen LogP contribution in [0.5, 0.6) is 0 Å². The molecule has 1 rings (SSSR count). The normalized spacial score (nSPS) is 20.9. The number of hydrazine groups is 1. The molecule has 0 aromatic rings. The maximum absolute atomic E-state index is 11.2. The van der Waals surface area contributed by atoms with Crippen molar-refractivity contribution in [3.05, 3.63) is 11.4 Å². The van der Waals surface area contributed by atoms with Gasteiger partial charge in [0.25, 0.3) is 0 Å². The second kappa shape index (κ2) is 3.99. The van der Waals surface area contributed by atoms with Gasteiger partial charge in [-0.1, -0.05) is 0 Å². The Balaban J connectivity index is 3.02. The number of carbonyl (C=O) groups excluding carboxylic acids is 1. The van der Waals surface area contributed by atoms with Gasteiger partial charge in [-0.2, -0.15) is 0 Å². The Hall–Kier alpha value is -1.73. The highest BCUT2D eigenvalue weighted by Crippen LogP contribution is 2.06. The summed E-state index contributed by atoms with van der Waals surface area (Å²) in [6, 6.07) is -0.163. The summed E-state index contributed by atoms with van der Waals surface area (Å²) in [6.07, 6.45) is 2.75. The van der Waals surface area contributed by atoms with E-state index in [2.05, 4.69) is 9.98 Å². The number of nitrogens with two attached hydrogens (primary N) is 2. The van der Waals surface area contributed by atoms with E-state index in [1.165, 1.54) is 12.4 Å². The van der Waals surface area contributed by atoms with Crippen molar-refractivity contribution in [2.75, 3.05) is 0 Å². The molecule has 0 aromatic heterocycles. The minimum Gasteiger partial charge on any atom is -0.396 e. The first kappa shape index (κ1) is 10.4. The van der Waals surface area contributed by atoms with Crippen LogP contribution in [0.1, 0.15) is 6.92 Å². The van der Waals surface area contributed by atoms with Crippen LogP contribution in [0.2, 0.25) is 0 Å². The zero-order valence-electron chi connectivity index (χ0n) is 7.58. The van der Waals surface area contributed by atoms with Gasteiger partial charge in [0.05, 0.1) is 11.7 Å². The van der Waals surface area contributed by atoms with Gasteiger partial charge in [-0.05, 0) is 6.92 Å². The van der Waals surface area contributed by atoms with Gasteiger partial charge in [-0.15, -0.1) is 5.17 Å². The molecule has 0 saturated carbocycles. The van der Waals surface area contributed by atoms with Crippen molar-refractivity contribution in [1.29, 1.82) is 0 Å². The highest BCUT2D eigenvalue weighted by atomic mass is 16.5. The summed E-state index contributed by atoms with van der Waals surface area (Å²) in [5, 5.41) is 8.64. The van der Waals surface area contributed by atoms with Crippen LogP contribution in [0.4, 0.5) is 0 Å². The molecule has 1 heterocycles. The van der Waals surface area contributed by atoms with E-state index in [1.54, 1.807) is 6.92 Å². The molecule has 1 amide bonds.